The molecule has 3 atom stereocenters. The van der Waals surface area contributed by atoms with Gasteiger partial charge in [-0.2, -0.15) is 0 Å². The number of aryl methyl sites for hydroxylation is 6. The molecule has 15 rings (SSSR count). The zero-order chi connectivity index (χ0) is 77.8. The van der Waals surface area contributed by atoms with Crippen LogP contribution in [0.1, 0.15) is 149 Å². The summed E-state index contributed by atoms with van der Waals surface area (Å²) in [6, 6.07) is 103. The molecule has 0 amide bonds. The van der Waals surface area contributed by atoms with Gasteiger partial charge in [0.1, 0.15) is 0 Å². The summed E-state index contributed by atoms with van der Waals surface area (Å²) < 4.78 is 6.62. The predicted octanol–water partition coefficient (Wildman–Crippen LogP) is 27.1. The van der Waals surface area contributed by atoms with Crippen molar-refractivity contribution in [1.29, 1.82) is 0 Å². The minimum atomic E-state index is 0. The molecule has 567 valence electrons. The second kappa shape index (κ2) is 36.7. The van der Waals surface area contributed by atoms with Crippen molar-refractivity contribution in [2.24, 2.45) is 17.8 Å². The van der Waals surface area contributed by atoms with Crippen LogP contribution in [0.5, 0.6) is 0 Å². The number of benzene rings is 12. The third-order valence-electron chi connectivity index (χ3n) is 21.5. The van der Waals surface area contributed by atoms with E-state index in [2.05, 4.69) is 391 Å². The van der Waals surface area contributed by atoms with Crippen LogP contribution in [0.4, 0.5) is 0 Å². The second-order valence-corrected chi connectivity index (χ2v) is 31.5. The molecule has 15 aromatic rings. The topological polar surface area (TPSA) is 92.1 Å². The van der Waals surface area contributed by atoms with Gasteiger partial charge in [-0.15, -0.1) is 30.6 Å². The van der Waals surface area contributed by atoms with Crippen LogP contribution in [0, 0.1) is 59.3 Å². The Bertz CT molecular complexity index is 4930. The van der Waals surface area contributed by atoms with Crippen LogP contribution in [0.25, 0.3) is 119 Å². The smallest absolute Gasteiger partial charge is 0.169 e. The van der Waals surface area contributed by atoms with Gasteiger partial charge < -0.3 is 0 Å². The molecule has 0 aliphatic heterocycles. The summed E-state index contributed by atoms with van der Waals surface area (Å²) in [6.07, 6.45) is 3.54. The quantitative estimate of drug-likeness (QED) is 0.0712. The maximum atomic E-state index is 4.75. The summed E-state index contributed by atoms with van der Waals surface area (Å²) in [7, 11) is 0. The van der Waals surface area contributed by atoms with Gasteiger partial charge in [-0.1, -0.05) is 317 Å². The summed E-state index contributed by atoms with van der Waals surface area (Å²) in [6.45, 7) is 33.5. The number of rotatable bonds is 21. The monoisotopic (exact) mass is 1650 g/mol. The largest absolute Gasteiger partial charge is 0.275 e. The molecule has 3 unspecified atom stereocenters. The van der Waals surface area contributed by atoms with Crippen LogP contribution in [0.3, 0.4) is 0 Å². The molecule has 112 heavy (non-hydrogen) atoms. The first-order chi connectivity index (χ1) is 53.8. The van der Waals surface area contributed by atoms with Gasteiger partial charge in [0.15, 0.2) is 34.9 Å². The third-order valence-corrected chi connectivity index (χ3v) is 21.5. The van der Waals surface area contributed by atoms with Gasteiger partial charge in [-0.3, -0.25) is 13.7 Å². The van der Waals surface area contributed by atoms with Crippen molar-refractivity contribution < 1.29 is 20.1 Å². The van der Waals surface area contributed by atoms with Crippen molar-refractivity contribution >= 4 is 0 Å². The molecule has 0 saturated carbocycles. The molecule has 0 saturated heterocycles. The van der Waals surface area contributed by atoms with Crippen molar-refractivity contribution in [2.45, 2.75) is 141 Å². The standard InChI is InChI=1S/3C34H35N3.Ir/c3*1-23(2)22-26(5)27-14-16-30(17-15-27)33-35-36-34(32-24(3)10-9-11-25(32)4)37(33)31-20-18-29(19-21-31)28-12-7-6-8-13-28;/h3*6-21,23,26H,22H2,1-5H3;. The molecule has 0 bridgehead atoms. The first-order valence-corrected chi connectivity index (χ1v) is 39.6. The predicted molar refractivity (Wildman–Crippen MR) is 465 cm³/mol. The molecule has 12 aromatic carbocycles. The number of nitrogens with zero attached hydrogens (tertiary/aromatic N) is 9. The van der Waals surface area contributed by atoms with Crippen LogP contribution in [-0.4, -0.2) is 44.3 Å². The summed E-state index contributed by atoms with van der Waals surface area (Å²) in [4.78, 5) is 0. The van der Waals surface area contributed by atoms with E-state index in [9.17, 15) is 0 Å². The molecule has 0 fully saturated rings. The van der Waals surface area contributed by atoms with Crippen LogP contribution in [0.2, 0.25) is 0 Å². The van der Waals surface area contributed by atoms with Crippen molar-refractivity contribution in [1.82, 2.24) is 44.3 Å². The zero-order valence-electron chi connectivity index (χ0n) is 67.7. The molecule has 0 aliphatic carbocycles. The molecule has 3 heterocycles. The van der Waals surface area contributed by atoms with E-state index in [1.807, 2.05) is 18.2 Å². The minimum absolute atomic E-state index is 0. The SMILES string of the molecule is Cc1cccc(C)c1-c1nnc(-c2ccc(C(C)CC(C)C)cc2)n1-c1ccc(-c2ccccc2)cc1.Cc1cccc(C)c1-c1nnc(-c2ccc(C(C)CC(C)C)cc2)n1-c1ccc(-c2ccccc2)cc1.Cc1cccc(C)c1-c1nnc(-c2ccc(C(C)CC(C)C)cc2)n1-c1ccc(-c2ccccc2)cc1.[Ir]. The maximum absolute atomic E-state index is 4.75. The molecular formula is C102H105IrN9. The van der Waals surface area contributed by atoms with Crippen LogP contribution in [-0.2, 0) is 20.1 Å². The number of aromatic nitrogens is 9. The fraction of sp³-hybridized carbons (Fsp3) is 0.235. The average molecular weight is 1650 g/mol. The van der Waals surface area contributed by atoms with E-state index in [-0.39, 0.29) is 20.1 Å². The average Bonchev–Trinajstić information content (AvgIpc) is 1.60. The third kappa shape index (κ3) is 18.5. The fourth-order valence-electron chi connectivity index (χ4n) is 15.8. The fourth-order valence-corrected chi connectivity index (χ4v) is 15.8. The summed E-state index contributed by atoms with van der Waals surface area (Å²) in [5.74, 6) is 8.80. The Labute approximate surface area is 678 Å². The zero-order valence-corrected chi connectivity index (χ0v) is 70.1. The number of hydrogen-bond donors (Lipinski definition) is 0. The molecule has 9 nitrogen and oxygen atoms in total. The summed E-state index contributed by atoms with van der Waals surface area (Å²) >= 11 is 0. The molecule has 10 heteroatoms. The number of hydrogen-bond acceptors (Lipinski definition) is 6. The van der Waals surface area contributed by atoms with E-state index in [0.717, 1.165) is 85.4 Å². The molecule has 3 aromatic heterocycles. The molecule has 0 aliphatic rings. The Morgan fingerprint density at radius 2 is 0.393 bits per heavy atom. The van der Waals surface area contributed by atoms with E-state index in [0.29, 0.717) is 35.5 Å². The van der Waals surface area contributed by atoms with Gasteiger partial charge in [-0.25, -0.2) is 0 Å². The van der Waals surface area contributed by atoms with E-state index < -0.39 is 0 Å². The van der Waals surface area contributed by atoms with E-state index in [4.69, 9.17) is 30.6 Å². The van der Waals surface area contributed by atoms with Gasteiger partial charge in [0, 0.05) is 70.5 Å². The van der Waals surface area contributed by atoms with Crippen LogP contribution in [0.15, 0.2) is 291 Å². The summed E-state index contributed by atoms with van der Waals surface area (Å²) in [5, 5.41) is 28.5. The maximum Gasteiger partial charge on any atom is 0.169 e. The van der Waals surface area contributed by atoms with E-state index >= 15 is 0 Å². The van der Waals surface area contributed by atoms with Gasteiger partial charge in [0.25, 0.3) is 0 Å². The molecular weight excluding hydrogens is 1540 g/mol. The normalized spacial score (nSPS) is 12.1. The van der Waals surface area contributed by atoms with Crippen molar-refractivity contribution in [3.05, 3.63) is 341 Å². The van der Waals surface area contributed by atoms with Crippen LogP contribution >= 0.6 is 0 Å². The van der Waals surface area contributed by atoms with Crippen molar-refractivity contribution in [3.63, 3.8) is 0 Å². The first-order valence-electron chi connectivity index (χ1n) is 39.6. The Morgan fingerprint density at radius 1 is 0.205 bits per heavy atom. The van der Waals surface area contributed by atoms with Gasteiger partial charge in [0.2, 0.25) is 0 Å². The van der Waals surface area contributed by atoms with Gasteiger partial charge in [0.05, 0.1) is 0 Å². The Balaban J connectivity index is 0.000000155. The van der Waals surface area contributed by atoms with E-state index in [1.165, 1.54) is 103 Å². The molecule has 1 radical (unpaired) electrons. The minimum Gasteiger partial charge on any atom is -0.275 e. The van der Waals surface area contributed by atoms with Gasteiger partial charge in [-0.05, 0) is 216 Å². The van der Waals surface area contributed by atoms with Gasteiger partial charge >= 0.3 is 0 Å². The molecule has 0 spiro atoms. The van der Waals surface area contributed by atoms with Crippen LogP contribution < -0.4 is 0 Å². The van der Waals surface area contributed by atoms with Crippen molar-refractivity contribution in [2.75, 3.05) is 0 Å². The molecule has 0 N–H and O–H groups in total. The Kier molecular flexibility index (Phi) is 26.3. The second-order valence-electron chi connectivity index (χ2n) is 31.5. The van der Waals surface area contributed by atoms with E-state index in [1.54, 1.807) is 0 Å². The first kappa shape index (κ1) is 80.2. The Hall–Kier alpha value is -11.3. The summed E-state index contributed by atoms with van der Waals surface area (Å²) in [5.41, 5.74) is 28.2. The Morgan fingerprint density at radius 3 is 0.598 bits per heavy atom. The van der Waals surface area contributed by atoms with Crippen molar-refractivity contribution in [3.8, 4) is 119 Å².